The molecule has 2 aromatic heterocycles. The highest BCUT2D eigenvalue weighted by Crippen LogP contribution is 2.26. The molecule has 2 heterocycles. The molecule has 3 rings (SSSR count). The van der Waals surface area contributed by atoms with Gasteiger partial charge in [0, 0.05) is 11.5 Å². The van der Waals surface area contributed by atoms with Crippen molar-refractivity contribution in [2.45, 2.75) is 6.92 Å². The highest BCUT2D eigenvalue weighted by molar-refractivity contribution is 6.03. The van der Waals surface area contributed by atoms with Crippen LogP contribution in [-0.2, 0) is 0 Å². The normalized spacial score (nSPS) is 12.2. The first-order valence-electron chi connectivity index (χ1n) is 5.09. The summed E-state index contributed by atoms with van der Waals surface area (Å²) in [6.45, 7) is 1.69. The van der Waals surface area contributed by atoms with Crippen LogP contribution < -0.4 is 5.63 Å². The van der Waals surface area contributed by atoms with Gasteiger partial charge in [0.1, 0.15) is 22.3 Å². The first-order valence-corrected chi connectivity index (χ1v) is 4.59. The van der Waals surface area contributed by atoms with Crippen LogP contribution in [0.25, 0.3) is 21.9 Å². The van der Waals surface area contributed by atoms with Gasteiger partial charge in [-0.2, -0.15) is 0 Å². The molecule has 3 aromatic rings. The smallest absolute Gasteiger partial charge is 0.347 e. The van der Waals surface area contributed by atoms with E-state index < -0.39 is 5.63 Å². The topological polar surface area (TPSA) is 43.4 Å². The van der Waals surface area contributed by atoms with Gasteiger partial charge in [-0.15, -0.1) is 0 Å². The Hall–Kier alpha value is -2.03. The van der Waals surface area contributed by atoms with Gasteiger partial charge in [-0.05, 0) is 13.0 Å². The molecule has 0 N–H and O–H groups in total. The Morgan fingerprint density at radius 2 is 2.13 bits per heavy atom. The second-order valence-corrected chi connectivity index (χ2v) is 3.40. The zero-order valence-corrected chi connectivity index (χ0v) is 8.03. The summed E-state index contributed by atoms with van der Waals surface area (Å²) in [7, 11) is 0. The van der Waals surface area contributed by atoms with Crippen LogP contribution in [0.1, 0.15) is 7.13 Å². The van der Waals surface area contributed by atoms with Gasteiger partial charge in [0.25, 0.3) is 0 Å². The minimum atomic E-state index is -0.417. The van der Waals surface area contributed by atoms with E-state index in [1.54, 1.807) is 31.2 Å². The number of rotatable bonds is 0. The lowest BCUT2D eigenvalue weighted by atomic mass is 10.2. The molecule has 0 amide bonds. The molecule has 0 aliphatic carbocycles. The van der Waals surface area contributed by atoms with E-state index in [2.05, 4.69) is 0 Å². The van der Waals surface area contributed by atoms with E-state index in [1.807, 2.05) is 0 Å². The lowest BCUT2D eigenvalue weighted by molar-refractivity contribution is 0.486. The van der Waals surface area contributed by atoms with E-state index in [9.17, 15) is 4.79 Å². The molecule has 3 heteroatoms. The summed E-state index contributed by atoms with van der Waals surface area (Å²) in [6, 6.07) is 7.03. The Labute approximate surface area is 86.3 Å². The van der Waals surface area contributed by atoms with E-state index in [0.717, 1.165) is 0 Å². The largest absolute Gasteiger partial charge is 0.456 e. The van der Waals surface area contributed by atoms with Crippen molar-refractivity contribution in [1.29, 1.82) is 0 Å². The monoisotopic (exact) mass is 201 g/mol. The van der Waals surface area contributed by atoms with Gasteiger partial charge in [0.2, 0.25) is 0 Å². The summed E-state index contributed by atoms with van der Waals surface area (Å²) >= 11 is 0. The van der Waals surface area contributed by atoms with Crippen molar-refractivity contribution < 1.29 is 10.2 Å². The summed E-state index contributed by atoms with van der Waals surface area (Å²) in [5.74, 6) is 0.503. The molecule has 0 saturated carbocycles. The number of hydrogen-bond acceptors (Lipinski definition) is 3. The van der Waals surface area contributed by atoms with Crippen molar-refractivity contribution in [3.63, 3.8) is 0 Å². The van der Waals surface area contributed by atoms with E-state index in [-0.39, 0.29) is 6.04 Å². The van der Waals surface area contributed by atoms with Crippen LogP contribution in [0.5, 0.6) is 0 Å². The summed E-state index contributed by atoms with van der Waals surface area (Å²) in [5, 5.41) is 1.05. The van der Waals surface area contributed by atoms with Crippen molar-refractivity contribution in [3.8, 4) is 0 Å². The number of fused-ring (bicyclic) bond motifs is 3. The van der Waals surface area contributed by atoms with Gasteiger partial charge in [-0.3, -0.25) is 0 Å². The number of hydrogen-bond donors (Lipinski definition) is 0. The van der Waals surface area contributed by atoms with Gasteiger partial charge >= 0.3 is 5.63 Å². The summed E-state index contributed by atoms with van der Waals surface area (Å²) in [6.07, 6.45) is 0. The van der Waals surface area contributed by atoms with Crippen molar-refractivity contribution in [3.05, 3.63) is 46.5 Å². The summed E-state index contributed by atoms with van der Waals surface area (Å²) in [4.78, 5) is 11.7. The maximum atomic E-state index is 11.7. The molecule has 0 bridgehead atoms. The van der Waals surface area contributed by atoms with Gasteiger partial charge in [0.15, 0.2) is 0 Å². The molecule has 0 spiro atoms. The molecule has 1 aromatic carbocycles. The predicted octanol–water partition coefficient (Wildman–Crippen LogP) is 2.85. The lowest BCUT2D eigenvalue weighted by Gasteiger charge is -1.89. The average Bonchev–Trinajstić information content (AvgIpc) is 2.57. The molecule has 0 aliphatic heterocycles. The van der Waals surface area contributed by atoms with Gasteiger partial charge in [-0.25, -0.2) is 4.79 Å². The summed E-state index contributed by atoms with van der Waals surface area (Å²) < 4.78 is 18.2. The maximum Gasteiger partial charge on any atom is 0.347 e. The van der Waals surface area contributed by atoms with Crippen molar-refractivity contribution in [2.75, 3.05) is 0 Å². The molecule has 0 radical (unpaired) electrons. The fourth-order valence-corrected chi connectivity index (χ4v) is 1.72. The standard InChI is InChI=1S/C12H8O3/c1-7-6-10-11(12(13)14-7)8-4-2-3-5-9(8)15-10/h2-6H,1H3/i5D. The molecule has 0 saturated heterocycles. The third-order valence-electron chi connectivity index (χ3n) is 2.34. The number of aryl methyl sites for hydroxylation is 1. The third kappa shape index (κ3) is 1.09. The second-order valence-electron chi connectivity index (χ2n) is 3.40. The molecule has 0 atom stereocenters. The molecule has 0 unspecified atom stereocenters. The van der Waals surface area contributed by atoms with Crippen LogP contribution in [0.3, 0.4) is 0 Å². The Morgan fingerprint density at radius 1 is 1.27 bits per heavy atom. The Kier molecular flexibility index (Phi) is 1.33. The second kappa shape index (κ2) is 2.73. The van der Waals surface area contributed by atoms with Gasteiger partial charge in [-0.1, -0.05) is 18.2 Å². The number of furan rings is 1. The molecule has 0 fully saturated rings. The highest BCUT2D eigenvalue weighted by Gasteiger charge is 2.11. The Balaban J connectivity index is 2.67. The van der Waals surface area contributed by atoms with Gasteiger partial charge in [0.05, 0.1) is 1.37 Å². The zero-order valence-electron chi connectivity index (χ0n) is 9.03. The molecule has 15 heavy (non-hydrogen) atoms. The van der Waals surface area contributed by atoms with E-state index in [0.29, 0.717) is 27.7 Å². The first kappa shape index (κ1) is 7.29. The Bertz CT molecular complexity index is 752. The van der Waals surface area contributed by atoms with Crippen LogP contribution in [0.2, 0.25) is 0 Å². The third-order valence-corrected chi connectivity index (χ3v) is 2.34. The first-order chi connectivity index (χ1) is 7.66. The average molecular weight is 201 g/mol. The maximum absolute atomic E-state index is 11.7. The number of benzene rings is 1. The van der Waals surface area contributed by atoms with Crippen LogP contribution in [0.4, 0.5) is 0 Å². The molecule has 0 aliphatic rings. The van der Waals surface area contributed by atoms with Crippen molar-refractivity contribution >= 4 is 21.9 Å². The Morgan fingerprint density at radius 3 is 3.00 bits per heavy atom. The minimum absolute atomic E-state index is 0.269. The van der Waals surface area contributed by atoms with Crippen LogP contribution in [-0.4, -0.2) is 0 Å². The predicted molar refractivity (Wildman–Crippen MR) is 57.0 cm³/mol. The molecular formula is C12H8O3. The quantitative estimate of drug-likeness (QED) is 0.561. The van der Waals surface area contributed by atoms with Crippen LogP contribution >= 0.6 is 0 Å². The van der Waals surface area contributed by atoms with Crippen LogP contribution in [0, 0.1) is 6.92 Å². The minimum Gasteiger partial charge on any atom is -0.456 e. The highest BCUT2D eigenvalue weighted by atomic mass is 16.4. The van der Waals surface area contributed by atoms with E-state index >= 15 is 0 Å². The lowest BCUT2D eigenvalue weighted by Crippen LogP contribution is -1.98. The fourth-order valence-electron chi connectivity index (χ4n) is 1.72. The molecular weight excluding hydrogens is 192 g/mol. The zero-order chi connectivity index (χ0) is 11.3. The van der Waals surface area contributed by atoms with E-state index in [1.165, 1.54) is 0 Å². The SMILES string of the molecule is [2H]c1cccc2c1oc1cc(C)oc(=O)c12. The van der Waals surface area contributed by atoms with Crippen molar-refractivity contribution in [2.24, 2.45) is 0 Å². The number of para-hydroxylation sites is 1. The molecule has 74 valence electrons. The van der Waals surface area contributed by atoms with Crippen LogP contribution in [0.15, 0.2) is 43.9 Å². The summed E-state index contributed by atoms with van der Waals surface area (Å²) in [5.41, 5.74) is 0.484. The van der Waals surface area contributed by atoms with Gasteiger partial charge < -0.3 is 8.83 Å². The van der Waals surface area contributed by atoms with E-state index in [4.69, 9.17) is 10.2 Å². The molecule has 3 nitrogen and oxygen atoms in total. The van der Waals surface area contributed by atoms with Crippen molar-refractivity contribution in [1.82, 2.24) is 0 Å². The fraction of sp³-hybridized carbons (Fsp3) is 0.0833.